The molecule has 376 valence electrons. The van der Waals surface area contributed by atoms with Crippen molar-refractivity contribution in [2.45, 2.75) is 137 Å². The Morgan fingerprint density at radius 2 is 0.924 bits per heavy atom. The number of carboxylic acid groups (broad SMARTS) is 1. The Hall–Kier alpha value is -6.11. The van der Waals surface area contributed by atoms with Gasteiger partial charge in [0.1, 0.15) is 36.3 Å². The van der Waals surface area contributed by atoms with Crippen molar-refractivity contribution in [1.29, 1.82) is 0 Å². The number of guanidine groups is 1. The molecule has 25 nitrogen and oxygen atoms in total. The summed E-state index contributed by atoms with van der Waals surface area (Å²) in [5.41, 5.74) is 22.2. The third kappa shape index (κ3) is 23.7. The van der Waals surface area contributed by atoms with Crippen LogP contribution in [0.5, 0.6) is 0 Å². The standard InChI is InChI=1S/C41H76N14O11/c1-20(2)30(43)36(61)54-33(23(7)8)39(64)55-32(22(5)6)38(63)48-17-27(56)50-24(9)34(59)52-25(14-12-16-46-41(44)45)35(60)47-19-29(58)53-31(21(3)4)37(62)49-18-28(57)51-26(40(65)66)13-10-11-15-42/h20-26,30-33H,10-19,42-43H2,1-9H3,(H,47,60)(H,48,63)(H,49,62)(H,50,56)(H,51,57)(H,52,59)(H,53,58)(H,54,61)(H,55,64)(H,65,66)(H4,44,45,46)/t24-,25-,26-,30-,31-,32-,33-/m0/s1. The molecule has 0 bridgehead atoms. The van der Waals surface area contributed by atoms with Crippen molar-refractivity contribution in [2.75, 3.05) is 32.7 Å². The molecule has 0 aliphatic heterocycles. The summed E-state index contributed by atoms with van der Waals surface area (Å²) < 4.78 is 0. The highest BCUT2D eigenvalue weighted by Gasteiger charge is 2.33. The lowest BCUT2D eigenvalue weighted by Crippen LogP contribution is -2.59. The van der Waals surface area contributed by atoms with Crippen LogP contribution in [0.15, 0.2) is 4.99 Å². The summed E-state index contributed by atoms with van der Waals surface area (Å²) >= 11 is 0. The number of rotatable bonds is 31. The summed E-state index contributed by atoms with van der Waals surface area (Å²) in [6.07, 6.45) is 1.35. The van der Waals surface area contributed by atoms with Crippen molar-refractivity contribution >= 4 is 65.1 Å². The predicted octanol–water partition coefficient (Wildman–Crippen LogP) is -4.52. The topological polar surface area (TPSA) is 416 Å². The molecule has 0 unspecified atom stereocenters. The van der Waals surface area contributed by atoms with Crippen LogP contribution in [0.2, 0.25) is 0 Å². The van der Waals surface area contributed by atoms with E-state index in [1.165, 1.54) is 6.92 Å². The molecule has 0 aromatic carbocycles. The van der Waals surface area contributed by atoms with Gasteiger partial charge in [-0.3, -0.25) is 48.1 Å². The molecule has 25 heteroatoms. The lowest BCUT2D eigenvalue weighted by molar-refractivity contribution is -0.142. The molecule has 0 fully saturated rings. The van der Waals surface area contributed by atoms with Gasteiger partial charge >= 0.3 is 5.97 Å². The van der Waals surface area contributed by atoms with E-state index in [1.54, 1.807) is 55.4 Å². The monoisotopic (exact) mass is 941 g/mol. The molecule has 18 N–H and O–H groups in total. The average molecular weight is 941 g/mol. The number of aliphatic carboxylic acids is 1. The summed E-state index contributed by atoms with van der Waals surface area (Å²) in [6, 6.07) is -7.80. The van der Waals surface area contributed by atoms with Crippen LogP contribution >= 0.6 is 0 Å². The minimum atomic E-state index is -1.26. The van der Waals surface area contributed by atoms with Crippen molar-refractivity contribution in [2.24, 2.45) is 51.6 Å². The second-order valence-corrected chi connectivity index (χ2v) is 17.2. The van der Waals surface area contributed by atoms with Gasteiger partial charge in [0.05, 0.1) is 25.7 Å². The summed E-state index contributed by atoms with van der Waals surface area (Å²) in [6.45, 7) is 13.5. The highest BCUT2D eigenvalue weighted by Crippen LogP contribution is 2.09. The van der Waals surface area contributed by atoms with Gasteiger partial charge in [0.25, 0.3) is 0 Å². The van der Waals surface area contributed by atoms with Gasteiger partial charge in [0.15, 0.2) is 5.96 Å². The van der Waals surface area contributed by atoms with Crippen LogP contribution in [0.25, 0.3) is 0 Å². The lowest BCUT2D eigenvalue weighted by atomic mass is 9.98. The van der Waals surface area contributed by atoms with E-state index < -0.39 is 133 Å². The number of amides is 9. The summed E-state index contributed by atoms with van der Waals surface area (Å²) in [5, 5.41) is 31.6. The van der Waals surface area contributed by atoms with Crippen molar-refractivity contribution in [3.63, 3.8) is 0 Å². The number of hydrogen-bond donors (Lipinski definition) is 14. The number of unbranched alkanes of at least 4 members (excludes halogenated alkanes) is 1. The molecular formula is C41H76N14O11. The molecule has 0 aliphatic carbocycles. The minimum Gasteiger partial charge on any atom is -0.480 e. The fraction of sp³-hybridized carbons (Fsp3) is 0.732. The van der Waals surface area contributed by atoms with Crippen LogP contribution in [0.3, 0.4) is 0 Å². The number of hydrogen-bond acceptors (Lipinski definition) is 13. The van der Waals surface area contributed by atoms with Gasteiger partial charge in [-0.2, -0.15) is 0 Å². The maximum atomic E-state index is 13.3. The molecule has 9 amide bonds. The maximum absolute atomic E-state index is 13.3. The van der Waals surface area contributed by atoms with E-state index >= 15 is 0 Å². The first kappa shape index (κ1) is 59.9. The Bertz CT molecular complexity index is 1690. The van der Waals surface area contributed by atoms with Gasteiger partial charge in [0, 0.05) is 6.54 Å². The zero-order chi connectivity index (χ0) is 50.8. The van der Waals surface area contributed by atoms with E-state index in [0.717, 1.165) is 0 Å². The van der Waals surface area contributed by atoms with Gasteiger partial charge in [-0.1, -0.05) is 55.4 Å². The molecule has 0 aromatic rings. The molecule has 0 heterocycles. The number of aliphatic imine (C=N–C) groups is 1. The number of carbonyl (C=O) groups excluding carboxylic acids is 9. The van der Waals surface area contributed by atoms with Crippen LogP contribution in [0.1, 0.15) is 94.4 Å². The molecule has 0 rings (SSSR count). The van der Waals surface area contributed by atoms with E-state index in [4.69, 9.17) is 22.9 Å². The van der Waals surface area contributed by atoms with E-state index in [-0.39, 0.29) is 43.6 Å². The van der Waals surface area contributed by atoms with Crippen LogP contribution in [-0.2, 0) is 47.9 Å². The smallest absolute Gasteiger partial charge is 0.326 e. The maximum Gasteiger partial charge on any atom is 0.326 e. The quantitative estimate of drug-likeness (QED) is 0.0177. The van der Waals surface area contributed by atoms with E-state index in [1.807, 2.05) is 0 Å². The normalized spacial score (nSPS) is 14.3. The Balaban J connectivity index is 5.55. The van der Waals surface area contributed by atoms with Gasteiger partial charge in [-0.15, -0.1) is 0 Å². The van der Waals surface area contributed by atoms with Crippen LogP contribution in [-0.4, -0.2) is 145 Å². The number of nitrogens with zero attached hydrogens (tertiary/aromatic N) is 1. The van der Waals surface area contributed by atoms with E-state index in [9.17, 15) is 53.1 Å². The van der Waals surface area contributed by atoms with Crippen LogP contribution < -0.4 is 70.8 Å². The van der Waals surface area contributed by atoms with Crippen molar-refractivity contribution < 1.29 is 53.1 Å². The summed E-state index contributed by atoms with van der Waals surface area (Å²) in [7, 11) is 0. The second-order valence-electron chi connectivity index (χ2n) is 17.2. The first-order valence-electron chi connectivity index (χ1n) is 22.1. The zero-order valence-electron chi connectivity index (χ0n) is 39.7. The molecule has 0 aliphatic rings. The molecule has 0 saturated carbocycles. The van der Waals surface area contributed by atoms with Gasteiger partial charge in [-0.05, 0) is 69.2 Å². The van der Waals surface area contributed by atoms with E-state index in [0.29, 0.717) is 19.4 Å². The molecule has 0 aromatic heterocycles. The third-order valence-electron chi connectivity index (χ3n) is 9.98. The highest BCUT2D eigenvalue weighted by atomic mass is 16.4. The van der Waals surface area contributed by atoms with Gasteiger partial charge in [-0.25, -0.2) is 4.79 Å². The summed E-state index contributed by atoms with van der Waals surface area (Å²) in [5.74, 6) is -9.47. The molecule has 7 atom stereocenters. The first-order valence-corrected chi connectivity index (χ1v) is 22.1. The molecule has 0 saturated heterocycles. The number of nitrogens with two attached hydrogens (primary N) is 4. The molecule has 66 heavy (non-hydrogen) atoms. The van der Waals surface area contributed by atoms with Gasteiger partial charge in [0.2, 0.25) is 53.2 Å². The average Bonchev–Trinajstić information content (AvgIpc) is 3.23. The minimum absolute atomic E-state index is 0.0181. The molecule has 0 spiro atoms. The van der Waals surface area contributed by atoms with E-state index in [2.05, 4.69) is 52.8 Å². The number of carbonyl (C=O) groups is 10. The number of nitrogens with one attached hydrogen (secondary N) is 9. The van der Waals surface area contributed by atoms with Crippen LogP contribution in [0, 0.1) is 23.7 Å². The molecule has 0 radical (unpaired) electrons. The largest absolute Gasteiger partial charge is 0.480 e. The lowest BCUT2D eigenvalue weighted by Gasteiger charge is -2.28. The third-order valence-corrected chi connectivity index (χ3v) is 9.98. The fourth-order valence-electron chi connectivity index (χ4n) is 5.89. The highest BCUT2D eigenvalue weighted by molar-refractivity contribution is 5.97. The van der Waals surface area contributed by atoms with Crippen LogP contribution in [0.4, 0.5) is 0 Å². The van der Waals surface area contributed by atoms with Crippen molar-refractivity contribution in [3.05, 3.63) is 0 Å². The van der Waals surface area contributed by atoms with Crippen molar-refractivity contribution in [1.82, 2.24) is 47.9 Å². The zero-order valence-corrected chi connectivity index (χ0v) is 39.7. The number of carboxylic acids is 1. The Kier molecular flexibility index (Phi) is 28.1. The second kappa shape index (κ2) is 30.9. The fourth-order valence-corrected chi connectivity index (χ4v) is 5.89. The first-order chi connectivity index (χ1) is 30.7. The predicted molar refractivity (Wildman–Crippen MR) is 244 cm³/mol. The van der Waals surface area contributed by atoms with Gasteiger partial charge < -0.3 is 75.9 Å². The Morgan fingerprint density at radius 1 is 0.485 bits per heavy atom. The Morgan fingerprint density at radius 3 is 1.39 bits per heavy atom. The SMILES string of the molecule is CC(C)[C@H](N)C(=O)N[C@H](C(=O)N[C@H](C(=O)NCC(=O)N[C@@H](C)C(=O)N[C@@H](CCCN=C(N)N)C(=O)NCC(=O)N[C@H](C(=O)NCC(=O)N[C@@H](CCCCN)C(=O)O)C(C)C)C(C)C)C(C)C. The summed E-state index contributed by atoms with van der Waals surface area (Å²) in [4.78, 5) is 132. The Labute approximate surface area is 386 Å². The molecular weight excluding hydrogens is 865 g/mol. The van der Waals surface area contributed by atoms with Crippen molar-refractivity contribution in [3.8, 4) is 0 Å².